The van der Waals surface area contributed by atoms with Crippen LogP contribution >= 0.6 is 0 Å². The number of para-hydroxylation sites is 1. The first-order valence-corrected chi connectivity index (χ1v) is 9.53. The number of benzene rings is 1. The molecule has 0 unspecified atom stereocenters. The standard InChI is InChI=1S/C16H23N3O3S/c1-3-16(20)17-9-11-19(23(2,21)22)10-8-13-12-18-15-7-5-4-6-14(13)15/h4-7,12,18H,3,8-11H2,1-2H3,(H,17,20). The summed E-state index contributed by atoms with van der Waals surface area (Å²) in [5.74, 6) is -0.0740. The van der Waals surface area contributed by atoms with Gasteiger partial charge in [-0.05, 0) is 18.1 Å². The Balaban J connectivity index is 1.99. The van der Waals surface area contributed by atoms with Crippen molar-refractivity contribution in [2.75, 3.05) is 25.9 Å². The van der Waals surface area contributed by atoms with Gasteiger partial charge < -0.3 is 10.3 Å². The number of hydrogen-bond donors (Lipinski definition) is 2. The maximum absolute atomic E-state index is 11.9. The van der Waals surface area contributed by atoms with Gasteiger partial charge in [0, 0.05) is 43.2 Å². The van der Waals surface area contributed by atoms with Crippen molar-refractivity contribution in [3.8, 4) is 0 Å². The van der Waals surface area contributed by atoms with Gasteiger partial charge in [-0.1, -0.05) is 25.1 Å². The lowest BCUT2D eigenvalue weighted by atomic mass is 10.1. The van der Waals surface area contributed by atoms with Gasteiger partial charge in [0.25, 0.3) is 0 Å². The number of sulfonamides is 1. The lowest BCUT2D eigenvalue weighted by Gasteiger charge is -2.20. The van der Waals surface area contributed by atoms with Crippen LogP contribution in [0.5, 0.6) is 0 Å². The van der Waals surface area contributed by atoms with Gasteiger partial charge in [-0.2, -0.15) is 0 Å². The summed E-state index contributed by atoms with van der Waals surface area (Å²) >= 11 is 0. The first kappa shape index (κ1) is 17.5. The molecule has 0 fully saturated rings. The monoisotopic (exact) mass is 337 g/mol. The van der Waals surface area contributed by atoms with Crippen LogP contribution in [0.4, 0.5) is 0 Å². The van der Waals surface area contributed by atoms with E-state index in [0.29, 0.717) is 25.9 Å². The number of rotatable bonds is 8. The molecular weight excluding hydrogens is 314 g/mol. The Morgan fingerprint density at radius 3 is 2.70 bits per heavy atom. The molecule has 0 bridgehead atoms. The predicted molar refractivity (Wildman–Crippen MR) is 91.7 cm³/mol. The fourth-order valence-corrected chi connectivity index (χ4v) is 3.32. The molecule has 0 radical (unpaired) electrons. The van der Waals surface area contributed by atoms with E-state index in [1.807, 2.05) is 30.5 Å². The third kappa shape index (κ3) is 4.80. The van der Waals surface area contributed by atoms with Crippen molar-refractivity contribution in [1.29, 1.82) is 0 Å². The van der Waals surface area contributed by atoms with E-state index < -0.39 is 10.0 Å². The summed E-state index contributed by atoms with van der Waals surface area (Å²) in [6.07, 6.45) is 4.14. The minimum Gasteiger partial charge on any atom is -0.361 e. The van der Waals surface area contributed by atoms with Crippen LogP contribution in [0.1, 0.15) is 18.9 Å². The van der Waals surface area contributed by atoms with Gasteiger partial charge in [-0.25, -0.2) is 12.7 Å². The van der Waals surface area contributed by atoms with Crippen molar-refractivity contribution >= 4 is 26.8 Å². The van der Waals surface area contributed by atoms with Gasteiger partial charge >= 0.3 is 0 Å². The Hall–Kier alpha value is -1.86. The van der Waals surface area contributed by atoms with E-state index in [9.17, 15) is 13.2 Å². The largest absolute Gasteiger partial charge is 0.361 e. The zero-order valence-electron chi connectivity index (χ0n) is 13.5. The maximum Gasteiger partial charge on any atom is 0.219 e. The molecule has 0 spiro atoms. The van der Waals surface area contributed by atoms with Crippen LogP contribution < -0.4 is 5.32 Å². The van der Waals surface area contributed by atoms with E-state index in [1.165, 1.54) is 10.6 Å². The van der Waals surface area contributed by atoms with E-state index in [-0.39, 0.29) is 12.5 Å². The minimum absolute atomic E-state index is 0.0740. The van der Waals surface area contributed by atoms with E-state index in [0.717, 1.165) is 16.5 Å². The highest BCUT2D eigenvalue weighted by Crippen LogP contribution is 2.18. The average molecular weight is 337 g/mol. The normalized spacial score (nSPS) is 12.0. The third-order valence-electron chi connectivity index (χ3n) is 3.78. The summed E-state index contributed by atoms with van der Waals surface area (Å²) in [5, 5.41) is 3.82. The van der Waals surface area contributed by atoms with Crippen molar-refractivity contribution in [2.24, 2.45) is 0 Å². The molecule has 6 nitrogen and oxygen atoms in total. The Bertz CT molecular complexity index is 768. The number of H-pyrrole nitrogens is 1. The first-order chi connectivity index (χ1) is 10.9. The highest BCUT2D eigenvalue weighted by molar-refractivity contribution is 7.88. The molecule has 126 valence electrons. The van der Waals surface area contributed by atoms with Gasteiger partial charge in [-0.3, -0.25) is 4.79 Å². The molecule has 0 saturated heterocycles. The summed E-state index contributed by atoms with van der Waals surface area (Å²) in [7, 11) is -3.30. The molecule has 0 aliphatic rings. The Morgan fingerprint density at radius 1 is 1.26 bits per heavy atom. The number of aromatic amines is 1. The number of carbonyl (C=O) groups is 1. The van der Waals surface area contributed by atoms with Gasteiger partial charge in [0.05, 0.1) is 6.26 Å². The second-order valence-electron chi connectivity index (χ2n) is 5.48. The van der Waals surface area contributed by atoms with Crippen molar-refractivity contribution in [1.82, 2.24) is 14.6 Å². The Labute approximate surface area is 136 Å². The molecule has 23 heavy (non-hydrogen) atoms. The lowest BCUT2D eigenvalue weighted by Crippen LogP contribution is -2.39. The Kier molecular flexibility index (Phi) is 5.79. The molecule has 0 saturated carbocycles. The third-order valence-corrected chi connectivity index (χ3v) is 5.08. The van der Waals surface area contributed by atoms with E-state index in [2.05, 4.69) is 10.3 Å². The highest BCUT2D eigenvalue weighted by Gasteiger charge is 2.17. The van der Waals surface area contributed by atoms with Crippen LogP contribution in [0.25, 0.3) is 10.9 Å². The van der Waals surface area contributed by atoms with Crippen LogP contribution in [0.15, 0.2) is 30.5 Å². The number of carbonyl (C=O) groups excluding carboxylic acids is 1. The predicted octanol–water partition coefficient (Wildman–Crippen LogP) is 1.50. The molecule has 1 aromatic carbocycles. The minimum atomic E-state index is -3.30. The van der Waals surface area contributed by atoms with Crippen molar-refractivity contribution < 1.29 is 13.2 Å². The molecule has 0 aliphatic heterocycles. The molecular formula is C16H23N3O3S. The zero-order chi connectivity index (χ0) is 16.9. The van der Waals surface area contributed by atoms with Crippen LogP contribution in [-0.2, 0) is 21.2 Å². The SMILES string of the molecule is CCC(=O)NCCN(CCc1c[nH]c2ccccc12)S(C)(=O)=O. The summed E-state index contributed by atoms with van der Waals surface area (Å²) in [5.41, 5.74) is 2.13. The van der Waals surface area contributed by atoms with E-state index in [4.69, 9.17) is 0 Å². The highest BCUT2D eigenvalue weighted by atomic mass is 32.2. The maximum atomic E-state index is 11.9. The smallest absolute Gasteiger partial charge is 0.219 e. The average Bonchev–Trinajstić information content (AvgIpc) is 2.92. The second-order valence-corrected chi connectivity index (χ2v) is 7.46. The van der Waals surface area contributed by atoms with Gasteiger partial charge in [-0.15, -0.1) is 0 Å². The molecule has 1 aromatic heterocycles. The number of nitrogens with zero attached hydrogens (tertiary/aromatic N) is 1. The van der Waals surface area contributed by atoms with Crippen LogP contribution in [0, 0.1) is 0 Å². The van der Waals surface area contributed by atoms with Crippen molar-refractivity contribution in [2.45, 2.75) is 19.8 Å². The Morgan fingerprint density at radius 2 is 2.00 bits per heavy atom. The number of aromatic nitrogens is 1. The van der Waals surface area contributed by atoms with Gasteiger partial charge in [0.15, 0.2) is 0 Å². The first-order valence-electron chi connectivity index (χ1n) is 7.68. The molecule has 1 heterocycles. The summed E-state index contributed by atoms with van der Waals surface area (Å²) in [6, 6.07) is 7.94. The molecule has 7 heteroatoms. The summed E-state index contributed by atoms with van der Waals surface area (Å²) in [6.45, 7) is 2.77. The zero-order valence-corrected chi connectivity index (χ0v) is 14.3. The summed E-state index contributed by atoms with van der Waals surface area (Å²) < 4.78 is 25.2. The molecule has 2 N–H and O–H groups in total. The second kappa shape index (κ2) is 7.61. The van der Waals surface area contributed by atoms with E-state index >= 15 is 0 Å². The quantitative estimate of drug-likeness (QED) is 0.766. The number of fused-ring (bicyclic) bond motifs is 1. The van der Waals surface area contributed by atoms with E-state index in [1.54, 1.807) is 6.92 Å². The fourth-order valence-electron chi connectivity index (χ4n) is 2.47. The van der Waals surface area contributed by atoms with Crippen molar-refractivity contribution in [3.63, 3.8) is 0 Å². The van der Waals surface area contributed by atoms with Crippen LogP contribution in [-0.4, -0.2) is 49.5 Å². The molecule has 2 rings (SSSR count). The molecule has 0 atom stereocenters. The summed E-state index contributed by atoms with van der Waals surface area (Å²) in [4.78, 5) is 14.4. The molecule has 2 aromatic rings. The molecule has 1 amide bonds. The topological polar surface area (TPSA) is 82.3 Å². The fraction of sp³-hybridized carbons (Fsp3) is 0.438. The van der Waals surface area contributed by atoms with Crippen LogP contribution in [0.2, 0.25) is 0 Å². The lowest BCUT2D eigenvalue weighted by molar-refractivity contribution is -0.120. The van der Waals surface area contributed by atoms with Gasteiger partial charge in [0.2, 0.25) is 15.9 Å². The molecule has 0 aliphatic carbocycles. The van der Waals surface area contributed by atoms with Gasteiger partial charge in [0.1, 0.15) is 0 Å². The van der Waals surface area contributed by atoms with Crippen molar-refractivity contribution in [3.05, 3.63) is 36.0 Å². The van der Waals surface area contributed by atoms with Crippen LogP contribution in [0.3, 0.4) is 0 Å². The number of hydrogen-bond acceptors (Lipinski definition) is 3. The number of amides is 1. The number of nitrogens with one attached hydrogen (secondary N) is 2.